The van der Waals surface area contributed by atoms with E-state index in [0.29, 0.717) is 6.42 Å². The highest BCUT2D eigenvalue weighted by Crippen LogP contribution is 2.41. The SMILES string of the molecule is O=S1(=O)C2C=C(c3cccc4cnccc34)CC1CC2. The van der Waals surface area contributed by atoms with E-state index in [1.54, 1.807) is 6.20 Å². The Morgan fingerprint density at radius 2 is 2.05 bits per heavy atom. The molecule has 1 saturated heterocycles. The van der Waals surface area contributed by atoms with Gasteiger partial charge in [0.2, 0.25) is 0 Å². The average Bonchev–Trinajstić information content (AvgIpc) is 2.66. The van der Waals surface area contributed by atoms with Gasteiger partial charge in [-0.05, 0) is 41.9 Å². The number of aromatic nitrogens is 1. The zero-order valence-corrected chi connectivity index (χ0v) is 11.8. The number of pyridine rings is 1. The van der Waals surface area contributed by atoms with Crippen LogP contribution < -0.4 is 0 Å². The molecule has 2 atom stereocenters. The standard InChI is InChI=1S/C16H15NO2S/c18-20(19)13-4-5-14(20)9-12(8-13)15-3-1-2-11-10-17-7-6-16(11)15/h1-3,6-8,10,13-14H,4-5,9H2. The molecule has 1 fully saturated rings. The molecule has 0 radical (unpaired) electrons. The Morgan fingerprint density at radius 3 is 2.90 bits per heavy atom. The normalized spacial score (nSPS) is 27.5. The van der Waals surface area contributed by atoms with Gasteiger partial charge in [-0.3, -0.25) is 4.98 Å². The van der Waals surface area contributed by atoms with Crippen LogP contribution in [0.2, 0.25) is 0 Å². The number of hydrogen-bond donors (Lipinski definition) is 0. The molecule has 3 nitrogen and oxygen atoms in total. The molecular formula is C16H15NO2S. The maximum atomic E-state index is 12.2. The zero-order chi connectivity index (χ0) is 13.7. The summed E-state index contributed by atoms with van der Waals surface area (Å²) in [6.07, 6.45) is 7.87. The van der Waals surface area contributed by atoms with Crippen LogP contribution in [0, 0.1) is 0 Å². The van der Waals surface area contributed by atoms with Crippen LogP contribution in [0.5, 0.6) is 0 Å². The summed E-state index contributed by atoms with van der Waals surface area (Å²) in [6, 6.07) is 8.16. The quantitative estimate of drug-likeness (QED) is 0.809. The fraction of sp³-hybridized carbons (Fsp3) is 0.312. The number of nitrogens with zero attached hydrogens (tertiary/aromatic N) is 1. The molecule has 0 saturated carbocycles. The van der Waals surface area contributed by atoms with Gasteiger partial charge in [-0.25, -0.2) is 8.42 Å². The number of fused-ring (bicyclic) bond motifs is 3. The van der Waals surface area contributed by atoms with E-state index < -0.39 is 9.84 Å². The highest BCUT2D eigenvalue weighted by atomic mass is 32.2. The lowest BCUT2D eigenvalue weighted by atomic mass is 9.96. The topological polar surface area (TPSA) is 47.0 Å². The van der Waals surface area contributed by atoms with Gasteiger partial charge in [-0.1, -0.05) is 24.3 Å². The molecule has 0 aliphatic carbocycles. The van der Waals surface area contributed by atoms with Crippen molar-refractivity contribution in [2.45, 2.75) is 29.8 Å². The average molecular weight is 285 g/mol. The van der Waals surface area contributed by atoms with Crippen molar-refractivity contribution in [3.63, 3.8) is 0 Å². The summed E-state index contributed by atoms with van der Waals surface area (Å²) >= 11 is 0. The lowest BCUT2D eigenvalue weighted by Gasteiger charge is -2.21. The van der Waals surface area contributed by atoms with E-state index in [2.05, 4.69) is 11.1 Å². The Morgan fingerprint density at radius 1 is 1.15 bits per heavy atom. The predicted molar refractivity (Wildman–Crippen MR) is 80.1 cm³/mol. The number of sulfone groups is 1. The summed E-state index contributed by atoms with van der Waals surface area (Å²) in [5, 5.41) is 1.82. The summed E-state index contributed by atoms with van der Waals surface area (Å²) in [7, 11) is -2.91. The van der Waals surface area contributed by atoms with Crippen LogP contribution in [-0.2, 0) is 9.84 Å². The zero-order valence-electron chi connectivity index (χ0n) is 11.0. The molecule has 0 spiro atoms. The molecule has 0 N–H and O–H groups in total. The van der Waals surface area contributed by atoms with Gasteiger partial charge in [-0.15, -0.1) is 0 Å². The number of rotatable bonds is 1. The van der Waals surface area contributed by atoms with Crippen LogP contribution in [0.4, 0.5) is 0 Å². The van der Waals surface area contributed by atoms with Crippen molar-refractivity contribution in [2.24, 2.45) is 0 Å². The first kappa shape index (κ1) is 12.1. The molecule has 2 aliphatic heterocycles. The number of hydrogen-bond acceptors (Lipinski definition) is 3. The molecule has 20 heavy (non-hydrogen) atoms. The Hall–Kier alpha value is -1.68. The summed E-state index contributed by atoms with van der Waals surface area (Å²) < 4.78 is 24.3. The first-order valence-electron chi connectivity index (χ1n) is 6.93. The van der Waals surface area contributed by atoms with Crippen LogP contribution in [-0.4, -0.2) is 23.9 Å². The molecule has 1 aromatic carbocycles. The van der Waals surface area contributed by atoms with Gasteiger partial charge in [0.25, 0.3) is 0 Å². The van der Waals surface area contributed by atoms with Gasteiger partial charge < -0.3 is 0 Å². The molecule has 0 amide bonds. The van der Waals surface area contributed by atoms with Gasteiger partial charge >= 0.3 is 0 Å². The Bertz CT molecular complexity index is 818. The van der Waals surface area contributed by atoms with Crippen molar-refractivity contribution in [3.05, 3.63) is 48.3 Å². The lowest BCUT2D eigenvalue weighted by Crippen LogP contribution is -2.26. The Kier molecular flexibility index (Phi) is 2.51. The second-order valence-electron chi connectivity index (χ2n) is 5.63. The summed E-state index contributed by atoms with van der Waals surface area (Å²) in [6.45, 7) is 0. The maximum Gasteiger partial charge on any atom is 0.159 e. The third-order valence-electron chi connectivity index (χ3n) is 4.52. The van der Waals surface area contributed by atoms with E-state index in [1.165, 1.54) is 5.57 Å². The van der Waals surface area contributed by atoms with Crippen molar-refractivity contribution in [2.75, 3.05) is 0 Å². The van der Waals surface area contributed by atoms with Gasteiger partial charge in [-0.2, -0.15) is 0 Å². The minimum absolute atomic E-state index is 0.176. The first-order valence-corrected chi connectivity index (χ1v) is 8.54. The summed E-state index contributed by atoms with van der Waals surface area (Å²) in [5.41, 5.74) is 2.35. The molecule has 2 aromatic rings. The second kappa shape index (κ2) is 4.16. The predicted octanol–water partition coefficient (Wildman–Crippen LogP) is 2.97. The first-order chi connectivity index (χ1) is 9.66. The van der Waals surface area contributed by atoms with E-state index in [9.17, 15) is 8.42 Å². The summed E-state index contributed by atoms with van der Waals surface area (Å²) in [5.74, 6) is 0. The molecule has 3 heterocycles. The van der Waals surface area contributed by atoms with Crippen molar-refractivity contribution in [3.8, 4) is 0 Å². The van der Waals surface area contributed by atoms with Crippen molar-refractivity contribution < 1.29 is 8.42 Å². The fourth-order valence-electron chi connectivity index (χ4n) is 3.46. The van der Waals surface area contributed by atoms with E-state index in [-0.39, 0.29) is 10.5 Å². The van der Waals surface area contributed by atoms with Crippen molar-refractivity contribution in [1.82, 2.24) is 4.98 Å². The lowest BCUT2D eigenvalue weighted by molar-refractivity contribution is 0.585. The number of allylic oxidation sites excluding steroid dienone is 1. The van der Waals surface area contributed by atoms with Crippen LogP contribution in [0.1, 0.15) is 24.8 Å². The Balaban J connectivity index is 1.90. The van der Waals surface area contributed by atoms with Gasteiger partial charge in [0, 0.05) is 17.8 Å². The van der Waals surface area contributed by atoms with E-state index in [4.69, 9.17) is 0 Å². The van der Waals surface area contributed by atoms with E-state index >= 15 is 0 Å². The monoisotopic (exact) mass is 285 g/mol. The van der Waals surface area contributed by atoms with Crippen LogP contribution in [0.3, 0.4) is 0 Å². The maximum absolute atomic E-state index is 12.2. The molecular weight excluding hydrogens is 270 g/mol. The summed E-state index contributed by atoms with van der Waals surface area (Å²) in [4.78, 5) is 4.15. The van der Waals surface area contributed by atoms with Gasteiger partial charge in [0.15, 0.2) is 9.84 Å². The molecule has 1 aromatic heterocycles. The van der Waals surface area contributed by atoms with Gasteiger partial charge in [0.05, 0.1) is 10.5 Å². The highest BCUT2D eigenvalue weighted by molar-refractivity contribution is 7.93. The van der Waals surface area contributed by atoms with Gasteiger partial charge in [0.1, 0.15) is 0 Å². The molecule has 2 bridgehead atoms. The largest absolute Gasteiger partial charge is 0.264 e. The molecule has 102 valence electrons. The van der Waals surface area contributed by atoms with Crippen LogP contribution in [0.25, 0.3) is 16.3 Å². The van der Waals surface area contributed by atoms with Crippen LogP contribution in [0.15, 0.2) is 42.7 Å². The minimum Gasteiger partial charge on any atom is -0.264 e. The second-order valence-corrected chi connectivity index (χ2v) is 8.08. The fourth-order valence-corrected chi connectivity index (χ4v) is 5.65. The highest BCUT2D eigenvalue weighted by Gasteiger charge is 2.43. The number of benzene rings is 1. The van der Waals surface area contributed by atoms with Crippen LogP contribution >= 0.6 is 0 Å². The van der Waals surface area contributed by atoms with Crippen molar-refractivity contribution in [1.29, 1.82) is 0 Å². The van der Waals surface area contributed by atoms with Crippen molar-refractivity contribution >= 4 is 26.2 Å². The smallest absolute Gasteiger partial charge is 0.159 e. The molecule has 4 rings (SSSR count). The third kappa shape index (κ3) is 1.64. The molecule has 2 unspecified atom stereocenters. The molecule has 4 heteroatoms. The third-order valence-corrected chi connectivity index (χ3v) is 7.07. The minimum atomic E-state index is -2.91. The van der Waals surface area contributed by atoms with E-state index in [1.807, 2.05) is 30.5 Å². The Labute approximate surface area is 118 Å². The molecule has 2 aliphatic rings. The van der Waals surface area contributed by atoms with E-state index in [0.717, 1.165) is 29.2 Å².